The first-order chi connectivity index (χ1) is 8.54. The fourth-order valence-electron chi connectivity index (χ4n) is 2.05. The SMILES string of the molecule is CCN(CC)CCNC(=O)NC1(C(=O)O)CCC1. The summed E-state index contributed by atoms with van der Waals surface area (Å²) in [5.74, 6) is -0.937. The largest absolute Gasteiger partial charge is 0.480 e. The quantitative estimate of drug-likeness (QED) is 0.625. The van der Waals surface area contributed by atoms with Gasteiger partial charge in [0.25, 0.3) is 0 Å². The van der Waals surface area contributed by atoms with E-state index in [1.165, 1.54) is 0 Å². The minimum absolute atomic E-state index is 0.385. The number of carboxylic acid groups (broad SMARTS) is 1. The molecule has 0 spiro atoms. The Kier molecular flexibility index (Phi) is 5.40. The lowest BCUT2D eigenvalue weighted by molar-refractivity contribution is -0.148. The number of carbonyl (C=O) groups is 2. The van der Waals surface area contributed by atoms with Crippen molar-refractivity contribution in [2.24, 2.45) is 0 Å². The molecule has 3 N–H and O–H groups in total. The molecule has 104 valence electrons. The predicted octanol–water partition coefficient (Wildman–Crippen LogP) is 0.635. The monoisotopic (exact) mass is 257 g/mol. The third-order valence-corrected chi connectivity index (χ3v) is 3.58. The smallest absolute Gasteiger partial charge is 0.329 e. The Bertz CT molecular complexity index is 299. The Morgan fingerprint density at radius 2 is 1.89 bits per heavy atom. The maximum atomic E-state index is 11.6. The zero-order chi connectivity index (χ0) is 13.6. The van der Waals surface area contributed by atoms with Crippen LogP contribution in [0.3, 0.4) is 0 Å². The van der Waals surface area contributed by atoms with Gasteiger partial charge in [0.2, 0.25) is 0 Å². The van der Waals surface area contributed by atoms with Gasteiger partial charge in [-0.15, -0.1) is 0 Å². The van der Waals surface area contributed by atoms with E-state index in [1.54, 1.807) is 0 Å². The molecule has 1 fully saturated rings. The first-order valence-electron chi connectivity index (χ1n) is 6.56. The summed E-state index contributed by atoms with van der Waals surface area (Å²) in [6.45, 7) is 7.33. The molecule has 1 rings (SSSR count). The lowest BCUT2D eigenvalue weighted by atomic mass is 9.77. The topological polar surface area (TPSA) is 81.7 Å². The van der Waals surface area contributed by atoms with Gasteiger partial charge in [-0.25, -0.2) is 9.59 Å². The summed E-state index contributed by atoms with van der Waals surface area (Å²) in [7, 11) is 0. The molecule has 6 heteroatoms. The molecule has 0 aliphatic heterocycles. The highest BCUT2D eigenvalue weighted by Gasteiger charge is 2.45. The van der Waals surface area contributed by atoms with Gasteiger partial charge in [0.05, 0.1) is 0 Å². The molecule has 0 heterocycles. The van der Waals surface area contributed by atoms with Gasteiger partial charge < -0.3 is 20.6 Å². The van der Waals surface area contributed by atoms with E-state index in [0.29, 0.717) is 19.4 Å². The zero-order valence-electron chi connectivity index (χ0n) is 11.2. The van der Waals surface area contributed by atoms with Crippen LogP contribution in [0.2, 0.25) is 0 Å². The zero-order valence-corrected chi connectivity index (χ0v) is 11.2. The number of hydrogen-bond acceptors (Lipinski definition) is 3. The van der Waals surface area contributed by atoms with Gasteiger partial charge in [0.1, 0.15) is 5.54 Å². The van der Waals surface area contributed by atoms with Crippen molar-refractivity contribution in [3.63, 3.8) is 0 Å². The van der Waals surface area contributed by atoms with Gasteiger partial charge in [-0.1, -0.05) is 13.8 Å². The molecule has 0 aromatic carbocycles. The summed E-state index contributed by atoms with van der Waals surface area (Å²) < 4.78 is 0. The summed E-state index contributed by atoms with van der Waals surface area (Å²) in [5.41, 5.74) is -1.03. The fourth-order valence-corrected chi connectivity index (χ4v) is 2.05. The fraction of sp³-hybridized carbons (Fsp3) is 0.833. The number of likely N-dealkylation sites (N-methyl/N-ethyl adjacent to an activating group) is 1. The molecule has 0 radical (unpaired) electrons. The molecule has 1 saturated carbocycles. The number of aliphatic carboxylic acids is 1. The number of nitrogens with one attached hydrogen (secondary N) is 2. The van der Waals surface area contributed by atoms with Crippen LogP contribution in [0, 0.1) is 0 Å². The molecule has 0 atom stereocenters. The molecule has 1 aliphatic rings. The number of carbonyl (C=O) groups excluding carboxylic acids is 1. The van der Waals surface area contributed by atoms with Crippen molar-refractivity contribution in [2.75, 3.05) is 26.2 Å². The standard InChI is InChI=1S/C12H23N3O3/c1-3-15(4-2)9-8-13-11(18)14-12(10(16)17)6-5-7-12/h3-9H2,1-2H3,(H,16,17)(H2,13,14,18). The highest BCUT2D eigenvalue weighted by atomic mass is 16.4. The molecule has 1 aliphatic carbocycles. The van der Waals surface area contributed by atoms with Crippen LogP contribution in [0.4, 0.5) is 4.79 Å². The number of hydrogen-bond donors (Lipinski definition) is 3. The molecule has 0 saturated heterocycles. The molecule has 6 nitrogen and oxygen atoms in total. The summed E-state index contributed by atoms with van der Waals surface area (Å²) >= 11 is 0. The van der Waals surface area contributed by atoms with Gasteiger partial charge >= 0.3 is 12.0 Å². The lowest BCUT2D eigenvalue weighted by Gasteiger charge is -2.38. The van der Waals surface area contributed by atoms with Crippen LogP contribution in [0.25, 0.3) is 0 Å². The second-order valence-electron chi connectivity index (χ2n) is 4.65. The highest BCUT2D eigenvalue weighted by Crippen LogP contribution is 2.31. The molecule has 0 unspecified atom stereocenters. The number of carboxylic acids is 1. The van der Waals surface area contributed by atoms with Crippen molar-refractivity contribution in [3.05, 3.63) is 0 Å². The average Bonchev–Trinajstić information content (AvgIpc) is 2.29. The van der Waals surface area contributed by atoms with Gasteiger partial charge in [0, 0.05) is 13.1 Å². The maximum absolute atomic E-state index is 11.6. The Balaban J connectivity index is 2.27. The number of nitrogens with zero attached hydrogens (tertiary/aromatic N) is 1. The van der Waals surface area contributed by atoms with Gasteiger partial charge in [-0.3, -0.25) is 0 Å². The first-order valence-corrected chi connectivity index (χ1v) is 6.56. The average molecular weight is 257 g/mol. The first kappa shape index (κ1) is 14.8. The van der Waals surface area contributed by atoms with E-state index in [2.05, 4.69) is 29.4 Å². The van der Waals surface area contributed by atoms with E-state index in [-0.39, 0.29) is 6.03 Å². The van der Waals surface area contributed by atoms with E-state index < -0.39 is 11.5 Å². The Morgan fingerprint density at radius 3 is 2.28 bits per heavy atom. The molecule has 0 bridgehead atoms. The van der Waals surface area contributed by atoms with Crippen molar-refractivity contribution in [1.82, 2.24) is 15.5 Å². The van der Waals surface area contributed by atoms with Crippen molar-refractivity contribution in [2.45, 2.75) is 38.6 Å². The molecular formula is C12H23N3O3. The lowest BCUT2D eigenvalue weighted by Crippen LogP contribution is -2.61. The second kappa shape index (κ2) is 6.58. The van der Waals surface area contributed by atoms with E-state index >= 15 is 0 Å². The maximum Gasteiger partial charge on any atom is 0.329 e. The van der Waals surface area contributed by atoms with Crippen molar-refractivity contribution in [3.8, 4) is 0 Å². The van der Waals surface area contributed by atoms with E-state index in [9.17, 15) is 9.59 Å². The summed E-state index contributed by atoms with van der Waals surface area (Å²) in [6, 6.07) is -0.385. The predicted molar refractivity (Wildman–Crippen MR) is 68.5 cm³/mol. The molecule has 0 aromatic rings. The van der Waals surface area contributed by atoms with Crippen LogP contribution in [0.5, 0.6) is 0 Å². The summed E-state index contributed by atoms with van der Waals surface area (Å²) in [6.07, 6.45) is 1.89. The van der Waals surface area contributed by atoms with Crippen LogP contribution in [0.15, 0.2) is 0 Å². The van der Waals surface area contributed by atoms with Crippen molar-refractivity contribution < 1.29 is 14.7 Å². The van der Waals surface area contributed by atoms with Crippen molar-refractivity contribution in [1.29, 1.82) is 0 Å². The third-order valence-electron chi connectivity index (χ3n) is 3.58. The van der Waals surface area contributed by atoms with Crippen LogP contribution in [0.1, 0.15) is 33.1 Å². The minimum Gasteiger partial charge on any atom is -0.480 e. The van der Waals surface area contributed by atoms with E-state index in [0.717, 1.165) is 26.1 Å². The molecular weight excluding hydrogens is 234 g/mol. The highest BCUT2D eigenvalue weighted by molar-refractivity contribution is 5.87. The number of rotatable bonds is 7. The Hall–Kier alpha value is -1.30. The number of urea groups is 1. The van der Waals surface area contributed by atoms with Crippen LogP contribution in [-0.4, -0.2) is 53.7 Å². The molecule has 18 heavy (non-hydrogen) atoms. The summed E-state index contributed by atoms with van der Waals surface area (Å²) in [5, 5.41) is 14.3. The molecule has 2 amide bonds. The van der Waals surface area contributed by atoms with Gasteiger partial charge in [-0.2, -0.15) is 0 Å². The Labute approximate surface area is 108 Å². The van der Waals surface area contributed by atoms with E-state index in [1.807, 2.05) is 0 Å². The van der Waals surface area contributed by atoms with Crippen LogP contribution >= 0.6 is 0 Å². The van der Waals surface area contributed by atoms with Crippen LogP contribution < -0.4 is 10.6 Å². The van der Waals surface area contributed by atoms with Crippen LogP contribution in [-0.2, 0) is 4.79 Å². The van der Waals surface area contributed by atoms with Gasteiger partial charge in [-0.05, 0) is 32.4 Å². The normalized spacial score (nSPS) is 17.1. The Morgan fingerprint density at radius 1 is 1.28 bits per heavy atom. The minimum atomic E-state index is -1.03. The van der Waals surface area contributed by atoms with Crippen molar-refractivity contribution >= 4 is 12.0 Å². The second-order valence-corrected chi connectivity index (χ2v) is 4.65. The van der Waals surface area contributed by atoms with Gasteiger partial charge in [0.15, 0.2) is 0 Å². The summed E-state index contributed by atoms with van der Waals surface area (Å²) in [4.78, 5) is 24.9. The number of amides is 2. The molecule has 0 aromatic heterocycles. The third kappa shape index (κ3) is 3.60. The van der Waals surface area contributed by atoms with E-state index in [4.69, 9.17) is 5.11 Å².